The molecule has 0 aromatic heterocycles. The maximum absolute atomic E-state index is 12.9. The Labute approximate surface area is 120 Å². The molecule has 116 valence electrons. The van der Waals surface area contributed by atoms with Crippen molar-refractivity contribution >= 4 is 11.9 Å². The molecule has 1 unspecified atom stereocenters. The van der Waals surface area contributed by atoms with E-state index in [2.05, 4.69) is 5.32 Å². The van der Waals surface area contributed by atoms with E-state index in [1.165, 1.54) is 25.1 Å². The minimum Gasteiger partial charge on any atom is -0.481 e. The van der Waals surface area contributed by atoms with E-state index >= 15 is 0 Å². The number of rotatable bonds is 6. The molecule has 21 heavy (non-hydrogen) atoms. The number of benzene rings is 1. The number of hydrogen-bond acceptors (Lipinski definition) is 2. The highest BCUT2D eigenvalue weighted by molar-refractivity contribution is 5.77. The Hall–Kier alpha value is -2.05. The summed E-state index contributed by atoms with van der Waals surface area (Å²) in [7, 11) is 0. The number of carboxylic acids is 1. The molecular formula is C14H16F3NO3. The van der Waals surface area contributed by atoms with Crippen LogP contribution in [0.3, 0.4) is 0 Å². The zero-order valence-corrected chi connectivity index (χ0v) is 11.4. The Morgan fingerprint density at radius 2 is 1.86 bits per heavy atom. The number of carboxylic acid groups (broad SMARTS) is 1. The normalized spacial score (nSPS) is 12.8. The average Bonchev–Trinajstić information content (AvgIpc) is 2.37. The van der Waals surface area contributed by atoms with E-state index in [1.807, 2.05) is 0 Å². The van der Waals surface area contributed by atoms with E-state index < -0.39 is 29.7 Å². The molecule has 0 bridgehead atoms. The molecule has 0 aliphatic rings. The second-order valence-corrected chi connectivity index (χ2v) is 4.62. The summed E-state index contributed by atoms with van der Waals surface area (Å²) in [5, 5.41) is 10.9. The topological polar surface area (TPSA) is 66.4 Å². The number of carbonyl (C=O) groups excluding carboxylic acids is 1. The van der Waals surface area contributed by atoms with E-state index in [9.17, 15) is 22.8 Å². The summed E-state index contributed by atoms with van der Waals surface area (Å²) < 4.78 is 38.6. The molecule has 2 N–H and O–H groups in total. The highest BCUT2D eigenvalue weighted by atomic mass is 19.4. The zero-order valence-electron chi connectivity index (χ0n) is 11.4. The molecule has 1 aromatic rings. The smallest absolute Gasteiger partial charge is 0.416 e. The van der Waals surface area contributed by atoms with Crippen molar-refractivity contribution in [1.29, 1.82) is 0 Å². The van der Waals surface area contributed by atoms with Crippen LogP contribution in [-0.2, 0) is 15.8 Å². The minimum absolute atomic E-state index is 0.0171. The first-order chi connectivity index (χ1) is 9.71. The van der Waals surface area contributed by atoms with Gasteiger partial charge in [0.05, 0.1) is 11.6 Å². The Morgan fingerprint density at radius 3 is 2.43 bits per heavy atom. The summed E-state index contributed by atoms with van der Waals surface area (Å²) in [6, 6.07) is 4.22. The maximum atomic E-state index is 12.9. The van der Waals surface area contributed by atoms with Crippen LogP contribution in [0, 0.1) is 0 Å². The van der Waals surface area contributed by atoms with Crippen molar-refractivity contribution in [2.45, 2.75) is 38.4 Å². The molecule has 1 amide bonds. The largest absolute Gasteiger partial charge is 0.481 e. The standard InChI is InChI=1S/C14H16F3NO3/c1-9(18-12(19)7-4-8-13(20)21)10-5-2-3-6-11(10)14(15,16)17/h2-3,5-6,9H,4,7-8H2,1H3,(H,18,19)(H,20,21). The molecule has 0 fully saturated rings. The fraction of sp³-hybridized carbons (Fsp3) is 0.429. The lowest BCUT2D eigenvalue weighted by Crippen LogP contribution is -2.28. The number of halogens is 3. The zero-order chi connectivity index (χ0) is 16.0. The van der Waals surface area contributed by atoms with Crippen LogP contribution in [0.15, 0.2) is 24.3 Å². The van der Waals surface area contributed by atoms with Crippen LogP contribution in [0.1, 0.15) is 43.4 Å². The fourth-order valence-electron chi connectivity index (χ4n) is 1.92. The first kappa shape index (κ1) is 17.0. The third kappa shape index (κ3) is 5.45. The van der Waals surface area contributed by atoms with E-state index in [4.69, 9.17) is 5.11 Å². The van der Waals surface area contributed by atoms with E-state index in [1.54, 1.807) is 0 Å². The predicted molar refractivity (Wildman–Crippen MR) is 69.5 cm³/mol. The van der Waals surface area contributed by atoms with Gasteiger partial charge >= 0.3 is 12.1 Å². The highest BCUT2D eigenvalue weighted by Gasteiger charge is 2.34. The predicted octanol–water partition coefficient (Wildman–Crippen LogP) is 3.14. The summed E-state index contributed by atoms with van der Waals surface area (Å²) in [6.07, 6.45) is -4.53. The molecule has 0 saturated carbocycles. The van der Waals surface area contributed by atoms with Gasteiger partial charge in [-0.2, -0.15) is 13.2 Å². The third-order valence-corrected chi connectivity index (χ3v) is 2.90. The molecule has 0 radical (unpaired) electrons. The summed E-state index contributed by atoms with van der Waals surface area (Å²) in [5.41, 5.74) is -0.806. The van der Waals surface area contributed by atoms with Crippen LogP contribution in [0.2, 0.25) is 0 Å². The Kier molecular flexibility index (Phi) is 5.75. The number of aliphatic carboxylic acids is 1. The lowest BCUT2D eigenvalue weighted by Gasteiger charge is -2.19. The van der Waals surface area contributed by atoms with Gasteiger partial charge in [0.2, 0.25) is 5.91 Å². The molecule has 1 rings (SSSR count). The summed E-state index contributed by atoms with van der Waals surface area (Å²) in [5.74, 6) is -1.49. The first-order valence-electron chi connectivity index (χ1n) is 6.39. The van der Waals surface area contributed by atoms with Gasteiger partial charge in [-0.3, -0.25) is 9.59 Å². The molecule has 0 saturated heterocycles. The van der Waals surface area contributed by atoms with Crippen LogP contribution in [0.5, 0.6) is 0 Å². The lowest BCUT2D eigenvalue weighted by molar-refractivity contribution is -0.139. The van der Waals surface area contributed by atoms with Crippen molar-refractivity contribution in [2.75, 3.05) is 0 Å². The van der Waals surface area contributed by atoms with Crippen LogP contribution in [0.25, 0.3) is 0 Å². The van der Waals surface area contributed by atoms with Gasteiger partial charge in [0.25, 0.3) is 0 Å². The van der Waals surface area contributed by atoms with Crippen LogP contribution in [-0.4, -0.2) is 17.0 Å². The molecule has 1 aromatic carbocycles. The van der Waals surface area contributed by atoms with Gasteiger partial charge in [-0.05, 0) is 25.0 Å². The van der Waals surface area contributed by atoms with Crippen LogP contribution in [0.4, 0.5) is 13.2 Å². The molecule has 0 aliphatic heterocycles. The van der Waals surface area contributed by atoms with Crippen LogP contribution >= 0.6 is 0 Å². The second kappa shape index (κ2) is 7.10. The number of carbonyl (C=O) groups is 2. The minimum atomic E-state index is -4.49. The number of alkyl halides is 3. The van der Waals surface area contributed by atoms with Crippen molar-refractivity contribution in [3.05, 3.63) is 35.4 Å². The van der Waals surface area contributed by atoms with Crippen molar-refractivity contribution < 1.29 is 27.9 Å². The fourth-order valence-corrected chi connectivity index (χ4v) is 1.92. The van der Waals surface area contributed by atoms with E-state index in [0.717, 1.165) is 6.07 Å². The van der Waals surface area contributed by atoms with Gasteiger partial charge in [0.1, 0.15) is 0 Å². The quantitative estimate of drug-likeness (QED) is 0.848. The van der Waals surface area contributed by atoms with Gasteiger partial charge in [0.15, 0.2) is 0 Å². The molecule has 4 nitrogen and oxygen atoms in total. The van der Waals surface area contributed by atoms with Crippen molar-refractivity contribution in [3.63, 3.8) is 0 Å². The van der Waals surface area contributed by atoms with Crippen LogP contribution < -0.4 is 5.32 Å². The Morgan fingerprint density at radius 1 is 1.24 bits per heavy atom. The summed E-state index contributed by atoms with van der Waals surface area (Å²) >= 11 is 0. The van der Waals surface area contributed by atoms with Gasteiger partial charge in [-0.1, -0.05) is 18.2 Å². The van der Waals surface area contributed by atoms with Crippen molar-refractivity contribution in [1.82, 2.24) is 5.32 Å². The molecule has 0 spiro atoms. The van der Waals surface area contributed by atoms with Crippen molar-refractivity contribution in [3.8, 4) is 0 Å². The number of nitrogens with one attached hydrogen (secondary N) is 1. The Bertz CT molecular complexity index is 514. The van der Waals surface area contributed by atoms with Gasteiger partial charge in [-0.25, -0.2) is 0 Å². The third-order valence-electron chi connectivity index (χ3n) is 2.90. The average molecular weight is 303 g/mol. The van der Waals surface area contributed by atoms with E-state index in [-0.39, 0.29) is 24.8 Å². The number of hydrogen-bond donors (Lipinski definition) is 2. The first-order valence-corrected chi connectivity index (χ1v) is 6.39. The number of amides is 1. The molecule has 1 atom stereocenters. The van der Waals surface area contributed by atoms with Crippen molar-refractivity contribution in [2.24, 2.45) is 0 Å². The Balaban J connectivity index is 2.70. The highest BCUT2D eigenvalue weighted by Crippen LogP contribution is 2.34. The summed E-state index contributed by atoms with van der Waals surface area (Å²) in [4.78, 5) is 21.9. The summed E-state index contributed by atoms with van der Waals surface area (Å²) in [6.45, 7) is 1.46. The SMILES string of the molecule is CC(NC(=O)CCCC(=O)O)c1ccccc1C(F)(F)F. The monoisotopic (exact) mass is 303 g/mol. The molecule has 7 heteroatoms. The lowest BCUT2D eigenvalue weighted by atomic mass is 10.0. The van der Waals surface area contributed by atoms with Gasteiger partial charge in [0, 0.05) is 12.8 Å². The molecular weight excluding hydrogens is 287 g/mol. The molecule has 0 heterocycles. The van der Waals surface area contributed by atoms with Gasteiger partial charge < -0.3 is 10.4 Å². The maximum Gasteiger partial charge on any atom is 0.416 e. The second-order valence-electron chi connectivity index (χ2n) is 4.62. The van der Waals surface area contributed by atoms with E-state index in [0.29, 0.717) is 0 Å². The molecule has 0 aliphatic carbocycles. The van der Waals surface area contributed by atoms with Gasteiger partial charge in [-0.15, -0.1) is 0 Å².